The number of aryl methyl sites for hydroxylation is 2. The van der Waals surface area contributed by atoms with Crippen molar-refractivity contribution in [2.75, 3.05) is 26.4 Å². The standard InChI is InChI=1S/C25H26O5.C25H24O5.C19H22BNO.C4H8O/c2*26-19(12-11-17-7-3-1-4-8-17)13-14-20-21-15-24(27)29-23(21)16-22(20)30-25(28)18-9-5-2-6-10-18;1-20-21-14-8-13-18(21)19(15-22-20,16-9-4-2-5-10-16)17-11-6-3-7-12-17;1-2-4-5-3-1/h1-10,13-14,19-23,26H,11-12,15-16H2;1-10,13-14,20-23H,11-12,15-16H2;2-7,9-12,18H,8,13-15H2,1H3;1-4H2/b2*14-13+;;/t19-,20+,21+,22+,23-;20-,21-,22-,23+;18-;/m011./s1. The lowest BCUT2D eigenvalue weighted by atomic mass is 9.63. The SMILES string of the molecule is C1CCOC1.CB1OCC(c2ccccc2)(c2ccccc2)[C@H]2CCCN12.O=C(/C=C/[C@@H]1[C@H]2CC(=O)O[C@H]2C[C@H]1OC(=O)c1ccccc1)CCc1ccccc1.O=C1C[C@@H]2[C@@H](/C=C/[C@@H](O)CCc3ccccc3)[C@H](OC(=O)c3ccccc3)C[C@@H]2O1. The number of ether oxygens (including phenoxy) is 5. The van der Waals surface area contributed by atoms with E-state index in [2.05, 4.69) is 72.3 Å². The number of nitrogens with zero attached hydrogens (tertiary/aromatic N) is 1. The van der Waals surface area contributed by atoms with E-state index in [0.29, 0.717) is 55.7 Å². The van der Waals surface area contributed by atoms with E-state index in [1.165, 1.54) is 42.4 Å². The Morgan fingerprint density at radius 1 is 0.621 bits per heavy atom. The summed E-state index contributed by atoms with van der Waals surface area (Å²) < 4.78 is 33.5. The molecule has 0 aromatic heterocycles. The first-order chi connectivity index (χ1) is 42.5. The molecule has 0 spiro atoms. The Morgan fingerprint density at radius 2 is 1.08 bits per heavy atom. The quantitative estimate of drug-likeness (QED) is 0.0320. The molecule has 13 rings (SSSR count). The van der Waals surface area contributed by atoms with Gasteiger partial charge in [-0.1, -0.05) is 176 Å². The molecular formula is C73H80BNO12. The molecule has 6 aromatic carbocycles. The molecule has 87 heavy (non-hydrogen) atoms. The number of allylic oxidation sites excluding steroid dienone is 1. The van der Waals surface area contributed by atoms with Crippen molar-refractivity contribution >= 4 is 36.7 Å². The van der Waals surface area contributed by atoms with Crippen molar-refractivity contribution in [3.63, 3.8) is 0 Å². The third kappa shape index (κ3) is 16.3. The molecule has 5 heterocycles. The fourth-order valence-corrected chi connectivity index (χ4v) is 13.6. The van der Waals surface area contributed by atoms with Gasteiger partial charge in [0.15, 0.2) is 5.78 Å². The van der Waals surface area contributed by atoms with Gasteiger partial charge in [0.1, 0.15) is 24.4 Å². The summed E-state index contributed by atoms with van der Waals surface area (Å²) >= 11 is 0. The third-order valence-electron chi connectivity index (χ3n) is 18.1. The molecule has 2 aliphatic carbocycles. The maximum Gasteiger partial charge on any atom is 0.379 e. The molecule has 2 saturated carbocycles. The average Bonchev–Trinajstić information content (AvgIpc) is 1.87. The summed E-state index contributed by atoms with van der Waals surface area (Å²) in [4.78, 5) is 63.5. The number of carbonyl (C=O) groups is 5. The lowest BCUT2D eigenvalue weighted by molar-refractivity contribution is -0.143. The Bertz CT molecular complexity index is 3170. The second-order valence-electron chi connectivity index (χ2n) is 23.7. The maximum atomic E-state index is 12.5. The van der Waals surface area contributed by atoms with Crippen LogP contribution in [-0.2, 0) is 61.0 Å². The molecule has 14 heteroatoms. The van der Waals surface area contributed by atoms with Crippen LogP contribution in [0.1, 0.15) is 107 Å². The number of fused-ring (bicyclic) bond motifs is 3. The van der Waals surface area contributed by atoms with E-state index in [1.807, 2.05) is 84.9 Å². The second-order valence-corrected chi connectivity index (χ2v) is 23.7. The van der Waals surface area contributed by atoms with Gasteiger partial charge in [0, 0.05) is 68.8 Å². The number of esters is 4. The molecular weight excluding hydrogens is 1090 g/mol. The van der Waals surface area contributed by atoms with Crippen LogP contribution in [0.3, 0.4) is 0 Å². The molecule has 13 nitrogen and oxygen atoms in total. The summed E-state index contributed by atoms with van der Waals surface area (Å²) in [5, 5.41) is 10.4. The second kappa shape index (κ2) is 30.7. The van der Waals surface area contributed by atoms with Crippen LogP contribution in [0.2, 0.25) is 6.82 Å². The van der Waals surface area contributed by atoms with E-state index in [1.54, 1.807) is 60.7 Å². The van der Waals surface area contributed by atoms with Crippen LogP contribution in [0.4, 0.5) is 0 Å². The highest BCUT2D eigenvalue weighted by Gasteiger charge is 2.54. The molecule has 0 unspecified atom stereocenters. The van der Waals surface area contributed by atoms with Crippen molar-refractivity contribution < 1.29 is 57.4 Å². The van der Waals surface area contributed by atoms with E-state index >= 15 is 0 Å². The molecule has 5 aliphatic heterocycles. The fourth-order valence-electron chi connectivity index (χ4n) is 13.6. The van der Waals surface area contributed by atoms with Gasteiger partial charge in [-0.05, 0) is 111 Å². The number of hydrogen-bond donors (Lipinski definition) is 1. The average molecular weight is 1170 g/mol. The van der Waals surface area contributed by atoms with Crippen molar-refractivity contribution in [2.24, 2.45) is 23.7 Å². The zero-order valence-corrected chi connectivity index (χ0v) is 49.7. The third-order valence-corrected chi connectivity index (χ3v) is 18.1. The van der Waals surface area contributed by atoms with Gasteiger partial charge in [-0.3, -0.25) is 14.4 Å². The number of aliphatic hydroxyl groups excluding tert-OH is 1. The first-order valence-electron chi connectivity index (χ1n) is 31.1. The predicted molar refractivity (Wildman–Crippen MR) is 333 cm³/mol. The fraction of sp³-hybridized carbons (Fsp3) is 0.384. The zero-order chi connectivity index (χ0) is 60.4. The van der Waals surface area contributed by atoms with Crippen LogP contribution >= 0.6 is 0 Å². The zero-order valence-electron chi connectivity index (χ0n) is 49.7. The van der Waals surface area contributed by atoms with Crippen LogP contribution in [0.15, 0.2) is 206 Å². The van der Waals surface area contributed by atoms with E-state index in [4.69, 9.17) is 28.3 Å². The smallest absolute Gasteiger partial charge is 0.379 e. The molecule has 10 atom stereocenters. The van der Waals surface area contributed by atoms with Gasteiger partial charge in [-0.15, -0.1) is 0 Å². The minimum atomic E-state index is -0.604. The topological polar surface area (TPSA) is 164 Å². The van der Waals surface area contributed by atoms with Crippen LogP contribution in [0, 0.1) is 23.7 Å². The molecule has 452 valence electrons. The maximum absolute atomic E-state index is 12.5. The normalized spacial score (nSPS) is 25.3. The van der Waals surface area contributed by atoms with Crippen molar-refractivity contribution in [3.05, 3.63) is 240 Å². The summed E-state index contributed by atoms with van der Waals surface area (Å²) in [7, 11) is 0.230. The largest absolute Gasteiger partial charge is 0.462 e. The van der Waals surface area contributed by atoms with Gasteiger partial charge in [0.25, 0.3) is 0 Å². The molecule has 0 amide bonds. The molecule has 1 N–H and O–H groups in total. The first kappa shape index (κ1) is 62.3. The highest BCUT2D eigenvalue weighted by Crippen LogP contribution is 2.47. The van der Waals surface area contributed by atoms with Crippen molar-refractivity contribution in [2.45, 2.75) is 126 Å². The Morgan fingerprint density at radius 3 is 1.56 bits per heavy atom. The predicted octanol–water partition coefficient (Wildman–Crippen LogP) is 12.0. The van der Waals surface area contributed by atoms with E-state index in [-0.39, 0.29) is 84.6 Å². The summed E-state index contributed by atoms with van der Waals surface area (Å²) in [6, 6.07) is 60.0. The minimum Gasteiger partial charge on any atom is -0.462 e. The molecule has 7 fully saturated rings. The Kier molecular flexibility index (Phi) is 22.0. The van der Waals surface area contributed by atoms with E-state index in [0.717, 1.165) is 38.3 Å². The summed E-state index contributed by atoms with van der Waals surface area (Å²) in [5.74, 6) is -1.66. The summed E-state index contributed by atoms with van der Waals surface area (Å²) in [5.41, 5.74) is 5.98. The van der Waals surface area contributed by atoms with Gasteiger partial charge in [0.2, 0.25) is 0 Å². The lowest BCUT2D eigenvalue weighted by Crippen LogP contribution is -2.61. The van der Waals surface area contributed by atoms with Crippen LogP contribution in [-0.4, -0.2) is 110 Å². The molecule has 0 bridgehead atoms. The van der Waals surface area contributed by atoms with Crippen molar-refractivity contribution in [1.82, 2.24) is 4.81 Å². The summed E-state index contributed by atoms with van der Waals surface area (Å²) in [6.45, 7) is 6.11. The lowest BCUT2D eigenvalue weighted by Gasteiger charge is -2.49. The van der Waals surface area contributed by atoms with E-state index < -0.39 is 18.2 Å². The summed E-state index contributed by atoms with van der Waals surface area (Å²) in [6.07, 6.45) is 14.2. The Balaban J connectivity index is 0.000000140. The van der Waals surface area contributed by atoms with Gasteiger partial charge >= 0.3 is 30.9 Å². The van der Waals surface area contributed by atoms with Crippen LogP contribution in [0.5, 0.6) is 0 Å². The monoisotopic (exact) mass is 1170 g/mol. The van der Waals surface area contributed by atoms with Crippen molar-refractivity contribution in [3.8, 4) is 0 Å². The van der Waals surface area contributed by atoms with Gasteiger partial charge in [0.05, 0.1) is 35.5 Å². The Labute approximate surface area is 512 Å². The van der Waals surface area contributed by atoms with Crippen molar-refractivity contribution in [1.29, 1.82) is 0 Å². The molecule has 5 saturated heterocycles. The number of carbonyl (C=O) groups excluding carboxylic acids is 5. The first-order valence-corrected chi connectivity index (χ1v) is 31.1. The number of rotatable bonds is 16. The number of aliphatic hydroxyl groups is 1. The number of benzene rings is 6. The Hall–Kier alpha value is -7.75. The molecule has 0 radical (unpaired) electrons. The molecule has 7 aliphatic rings. The number of hydrogen-bond acceptors (Lipinski definition) is 13. The van der Waals surface area contributed by atoms with Gasteiger partial charge in [-0.25, -0.2) is 9.59 Å². The molecule has 6 aromatic rings. The van der Waals surface area contributed by atoms with Crippen LogP contribution < -0.4 is 0 Å². The minimum absolute atomic E-state index is 0.0145. The van der Waals surface area contributed by atoms with E-state index in [9.17, 15) is 29.1 Å². The highest BCUT2D eigenvalue weighted by atomic mass is 16.6. The number of ketones is 1. The van der Waals surface area contributed by atoms with Gasteiger partial charge in [-0.2, -0.15) is 0 Å². The van der Waals surface area contributed by atoms with Gasteiger partial charge < -0.3 is 38.3 Å². The van der Waals surface area contributed by atoms with Crippen LogP contribution in [0.25, 0.3) is 0 Å². The highest BCUT2D eigenvalue weighted by molar-refractivity contribution is 6.47.